The summed E-state index contributed by atoms with van der Waals surface area (Å²) in [7, 11) is 0. The van der Waals surface area contributed by atoms with Gasteiger partial charge in [-0.3, -0.25) is 10.2 Å². The third kappa shape index (κ3) is 5.71. The summed E-state index contributed by atoms with van der Waals surface area (Å²) >= 11 is 0. The second-order valence-corrected chi connectivity index (χ2v) is 12.0. The molecule has 0 amide bonds. The van der Waals surface area contributed by atoms with Crippen LogP contribution in [0, 0.1) is 17.2 Å². The van der Waals surface area contributed by atoms with E-state index in [9.17, 15) is 9.90 Å². The summed E-state index contributed by atoms with van der Waals surface area (Å²) in [4.78, 5) is 15.5. The monoisotopic (exact) mass is 462 g/mol. The zero-order valence-electron chi connectivity index (χ0n) is 22.0. The molecule has 2 aromatic carbocycles. The van der Waals surface area contributed by atoms with Crippen LogP contribution in [0.4, 0.5) is 0 Å². The first-order valence-corrected chi connectivity index (χ1v) is 12.6. The molecule has 3 rings (SSSR count). The highest BCUT2D eigenvalue weighted by atomic mass is 16.3. The largest absolute Gasteiger partial charge is 0.507 e. The number of aromatic hydroxyl groups is 1. The Hall–Kier alpha value is -2.62. The van der Waals surface area contributed by atoms with Crippen LogP contribution in [0.15, 0.2) is 42.5 Å². The fraction of sp³-hybridized carbons (Fsp3) is 0.533. The van der Waals surface area contributed by atoms with Crippen LogP contribution in [0.5, 0.6) is 5.75 Å². The Labute approximate surface area is 205 Å². The van der Waals surface area contributed by atoms with Gasteiger partial charge in [-0.15, -0.1) is 0 Å². The van der Waals surface area contributed by atoms with E-state index in [4.69, 9.17) is 5.41 Å². The van der Waals surface area contributed by atoms with Gasteiger partial charge in [-0.1, -0.05) is 85.2 Å². The van der Waals surface area contributed by atoms with Crippen molar-refractivity contribution in [2.75, 3.05) is 13.1 Å². The lowest BCUT2D eigenvalue weighted by Crippen LogP contribution is -2.33. The number of benzene rings is 2. The smallest absolute Gasteiger partial charge is 0.182 e. The number of phenolic OH excluding ortho intramolecular Hbond substituents is 1. The number of ketones is 1. The normalized spacial score (nSPS) is 19.0. The summed E-state index contributed by atoms with van der Waals surface area (Å²) in [6, 6.07) is 14.1. The van der Waals surface area contributed by atoms with E-state index in [1.54, 1.807) is 0 Å². The van der Waals surface area contributed by atoms with Crippen LogP contribution < -0.4 is 0 Å². The number of nitrogens with zero attached hydrogens (tertiary/aromatic N) is 1. The predicted molar refractivity (Wildman–Crippen MR) is 141 cm³/mol. The Morgan fingerprint density at radius 3 is 2.09 bits per heavy atom. The van der Waals surface area contributed by atoms with Gasteiger partial charge >= 0.3 is 0 Å². The van der Waals surface area contributed by atoms with Crippen molar-refractivity contribution >= 4 is 11.6 Å². The van der Waals surface area contributed by atoms with Crippen LogP contribution in [0.25, 0.3) is 0 Å². The molecule has 2 unspecified atom stereocenters. The summed E-state index contributed by atoms with van der Waals surface area (Å²) in [5, 5.41) is 19.9. The molecule has 2 aromatic rings. The molecule has 184 valence electrons. The SMILES string of the molecule is CCCC1CN(CC(=O)c2cc(C(C)(C)C)c(O)c(C(C)(C)C)c2)C(=N)C1Cc1ccccc1. The van der Waals surface area contributed by atoms with Gasteiger partial charge in [0.25, 0.3) is 0 Å². The molecular weight excluding hydrogens is 420 g/mol. The van der Waals surface area contributed by atoms with Gasteiger partial charge in [0.15, 0.2) is 5.78 Å². The first-order valence-electron chi connectivity index (χ1n) is 12.6. The summed E-state index contributed by atoms with van der Waals surface area (Å²) in [6.07, 6.45) is 2.98. The Morgan fingerprint density at radius 1 is 1.03 bits per heavy atom. The number of Topliss-reactive ketones (excluding diaryl/α,β-unsaturated/α-hetero) is 1. The van der Waals surface area contributed by atoms with Crippen LogP contribution >= 0.6 is 0 Å². The third-order valence-electron chi connectivity index (χ3n) is 7.06. The quantitative estimate of drug-likeness (QED) is 0.448. The standard InChI is InChI=1S/C30H42N2O2/c1-8-12-21-18-32(28(31)23(21)15-20-13-10-9-11-14-20)19-26(33)22-16-24(29(2,3)4)27(34)25(17-22)30(5,6)7/h9-11,13-14,16-17,21,23,31,34H,8,12,15,18-19H2,1-7H3. The minimum Gasteiger partial charge on any atom is -0.507 e. The van der Waals surface area contributed by atoms with Crippen molar-refractivity contribution in [1.29, 1.82) is 5.41 Å². The van der Waals surface area contributed by atoms with Gasteiger partial charge in [-0.05, 0) is 47.3 Å². The molecule has 1 aliphatic rings. The number of carbonyl (C=O) groups is 1. The second-order valence-electron chi connectivity index (χ2n) is 12.0. The molecule has 0 radical (unpaired) electrons. The number of rotatable bonds is 7. The lowest BCUT2D eigenvalue weighted by Gasteiger charge is -2.28. The van der Waals surface area contributed by atoms with Crippen molar-refractivity contribution in [1.82, 2.24) is 4.90 Å². The number of hydrogen-bond donors (Lipinski definition) is 2. The van der Waals surface area contributed by atoms with Crippen molar-refractivity contribution in [2.24, 2.45) is 11.8 Å². The zero-order chi connectivity index (χ0) is 25.3. The van der Waals surface area contributed by atoms with E-state index in [-0.39, 0.29) is 34.8 Å². The molecule has 4 heteroatoms. The maximum absolute atomic E-state index is 13.5. The van der Waals surface area contributed by atoms with Gasteiger partial charge in [0.2, 0.25) is 0 Å². The van der Waals surface area contributed by atoms with Crippen molar-refractivity contribution in [3.8, 4) is 5.75 Å². The summed E-state index contributed by atoms with van der Waals surface area (Å²) in [6.45, 7) is 15.5. The van der Waals surface area contributed by atoms with Gasteiger partial charge in [0.05, 0.1) is 6.54 Å². The van der Waals surface area contributed by atoms with Crippen LogP contribution in [0.2, 0.25) is 0 Å². The highest BCUT2D eigenvalue weighted by Gasteiger charge is 2.38. The topological polar surface area (TPSA) is 64.4 Å². The van der Waals surface area contributed by atoms with Gasteiger partial charge in [-0.25, -0.2) is 0 Å². The lowest BCUT2D eigenvalue weighted by atomic mass is 9.78. The number of hydrogen-bond acceptors (Lipinski definition) is 3. The second kappa shape index (κ2) is 9.93. The van der Waals surface area contributed by atoms with E-state index in [1.165, 1.54) is 5.56 Å². The predicted octanol–water partition coefficient (Wildman–Crippen LogP) is 6.74. The minimum atomic E-state index is -0.284. The molecule has 0 aliphatic carbocycles. The Bertz CT molecular complexity index is 993. The van der Waals surface area contributed by atoms with Crippen molar-refractivity contribution in [3.05, 3.63) is 64.7 Å². The van der Waals surface area contributed by atoms with E-state index in [1.807, 2.05) is 23.1 Å². The molecule has 1 saturated heterocycles. The molecule has 1 heterocycles. The summed E-state index contributed by atoms with van der Waals surface area (Å²) in [5.41, 5.74) is 2.89. The minimum absolute atomic E-state index is 0.0105. The molecule has 0 spiro atoms. The molecule has 34 heavy (non-hydrogen) atoms. The molecule has 0 saturated carbocycles. The third-order valence-corrected chi connectivity index (χ3v) is 7.06. The summed E-state index contributed by atoms with van der Waals surface area (Å²) < 4.78 is 0. The average molecular weight is 463 g/mol. The fourth-order valence-electron chi connectivity index (χ4n) is 5.11. The first kappa shape index (κ1) is 26.0. The molecule has 0 aromatic heterocycles. The maximum atomic E-state index is 13.5. The molecule has 0 bridgehead atoms. The van der Waals surface area contributed by atoms with Gasteiger partial charge in [0, 0.05) is 29.2 Å². The molecule has 1 fully saturated rings. The average Bonchev–Trinajstić information content (AvgIpc) is 3.02. The summed E-state index contributed by atoms with van der Waals surface area (Å²) in [5.74, 6) is 1.42. The Morgan fingerprint density at radius 2 is 1.59 bits per heavy atom. The highest BCUT2D eigenvalue weighted by molar-refractivity contribution is 6.01. The molecular formula is C30H42N2O2. The Balaban J connectivity index is 1.88. The number of phenols is 1. The number of carbonyl (C=O) groups excluding carboxylic acids is 1. The lowest BCUT2D eigenvalue weighted by molar-refractivity contribution is 0.0963. The number of amidine groups is 1. The molecule has 1 aliphatic heterocycles. The number of nitrogens with one attached hydrogen (secondary N) is 1. The van der Waals surface area contributed by atoms with Crippen molar-refractivity contribution in [2.45, 2.75) is 78.6 Å². The van der Waals surface area contributed by atoms with Crippen molar-refractivity contribution < 1.29 is 9.90 Å². The van der Waals surface area contributed by atoms with Crippen LogP contribution in [0.3, 0.4) is 0 Å². The first-order chi connectivity index (χ1) is 15.8. The van der Waals surface area contributed by atoms with Gasteiger partial charge in [-0.2, -0.15) is 0 Å². The van der Waals surface area contributed by atoms with E-state index in [0.29, 0.717) is 17.3 Å². The highest BCUT2D eigenvalue weighted by Crippen LogP contribution is 2.40. The fourth-order valence-corrected chi connectivity index (χ4v) is 5.11. The van der Waals surface area contributed by atoms with Crippen LogP contribution in [-0.2, 0) is 17.3 Å². The van der Waals surface area contributed by atoms with Gasteiger partial charge in [0.1, 0.15) is 11.6 Å². The van der Waals surface area contributed by atoms with E-state index in [2.05, 4.69) is 72.7 Å². The molecule has 2 N–H and O–H groups in total. The van der Waals surface area contributed by atoms with E-state index in [0.717, 1.165) is 36.9 Å². The zero-order valence-corrected chi connectivity index (χ0v) is 22.0. The number of likely N-dealkylation sites (tertiary alicyclic amines) is 1. The molecule has 2 atom stereocenters. The van der Waals surface area contributed by atoms with Crippen molar-refractivity contribution in [3.63, 3.8) is 0 Å². The molecule has 4 nitrogen and oxygen atoms in total. The maximum Gasteiger partial charge on any atom is 0.182 e. The Kier molecular flexibility index (Phi) is 7.59. The van der Waals surface area contributed by atoms with E-state index < -0.39 is 0 Å². The van der Waals surface area contributed by atoms with Crippen LogP contribution in [-0.4, -0.2) is 34.7 Å². The van der Waals surface area contributed by atoms with Crippen LogP contribution in [0.1, 0.15) is 88.4 Å². The van der Waals surface area contributed by atoms with E-state index >= 15 is 0 Å². The van der Waals surface area contributed by atoms with Gasteiger partial charge < -0.3 is 10.0 Å².